The number of pyridine rings is 2. The van der Waals surface area contributed by atoms with Crippen LogP contribution in [0.1, 0.15) is 31.2 Å². The van der Waals surface area contributed by atoms with E-state index in [0.29, 0.717) is 33.8 Å². The summed E-state index contributed by atoms with van der Waals surface area (Å²) in [6, 6.07) is 16.9. The molecule has 6 aromatic rings. The van der Waals surface area contributed by atoms with Crippen molar-refractivity contribution in [3.05, 3.63) is 84.6 Å². The van der Waals surface area contributed by atoms with E-state index in [-0.39, 0.29) is 5.82 Å². The molecule has 1 aliphatic carbocycles. The number of imidazole rings is 1. The minimum absolute atomic E-state index is 0.291. The van der Waals surface area contributed by atoms with Crippen molar-refractivity contribution < 1.29 is 4.39 Å². The van der Waals surface area contributed by atoms with Gasteiger partial charge in [-0.15, -0.1) is 0 Å². The van der Waals surface area contributed by atoms with E-state index < -0.39 is 0 Å². The lowest BCUT2D eigenvalue weighted by molar-refractivity contribution is 0.489. The Morgan fingerprint density at radius 2 is 1.85 bits per heavy atom. The van der Waals surface area contributed by atoms with Gasteiger partial charge in [-0.3, -0.25) is 10.1 Å². The first kappa shape index (κ1) is 23.7. The normalized spacial score (nSPS) is 14.1. The Balaban J connectivity index is 1.21. The highest BCUT2D eigenvalue weighted by atomic mass is 19.1. The van der Waals surface area contributed by atoms with Gasteiger partial charge >= 0.3 is 0 Å². The van der Waals surface area contributed by atoms with Crippen LogP contribution in [-0.4, -0.2) is 36.7 Å². The fourth-order valence-corrected chi connectivity index (χ4v) is 5.68. The van der Waals surface area contributed by atoms with Crippen molar-refractivity contribution in [3.8, 4) is 33.8 Å². The minimum Gasteiger partial charge on any atom is -0.335 e. The van der Waals surface area contributed by atoms with Gasteiger partial charge in [0, 0.05) is 47.2 Å². The molecule has 0 unspecified atom stereocenters. The van der Waals surface area contributed by atoms with Crippen LogP contribution >= 0.6 is 0 Å². The third-order valence-electron chi connectivity index (χ3n) is 7.71. The molecule has 194 valence electrons. The number of nitrogens with one attached hydrogen (secondary N) is 3. The van der Waals surface area contributed by atoms with Gasteiger partial charge in [0.25, 0.3) is 0 Å². The zero-order chi connectivity index (χ0) is 26.2. The van der Waals surface area contributed by atoms with Crippen LogP contribution < -0.4 is 5.32 Å². The first-order valence-corrected chi connectivity index (χ1v) is 13.5. The van der Waals surface area contributed by atoms with E-state index in [1.165, 1.54) is 37.3 Å². The first-order chi connectivity index (χ1) is 19.2. The number of fused-ring (bicyclic) bond motifs is 2. The van der Waals surface area contributed by atoms with Crippen molar-refractivity contribution >= 4 is 22.1 Å². The Morgan fingerprint density at radius 3 is 2.74 bits per heavy atom. The molecule has 4 heterocycles. The van der Waals surface area contributed by atoms with Crippen LogP contribution in [-0.2, 0) is 6.54 Å². The summed E-state index contributed by atoms with van der Waals surface area (Å²) in [5.41, 5.74) is 7.26. The second-order valence-corrected chi connectivity index (χ2v) is 10.3. The van der Waals surface area contributed by atoms with Gasteiger partial charge in [-0.2, -0.15) is 5.10 Å². The Hall–Kier alpha value is -4.43. The largest absolute Gasteiger partial charge is 0.335 e. The van der Waals surface area contributed by atoms with Gasteiger partial charge in [0.1, 0.15) is 11.5 Å². The summed E-state index contributed by atoms with van der Waals surface area (Å²) in [5.74, 6) is 1.09. The summed E-state index contributed by atoms with van der Waals surface area (Å²) in [6.45, 7) is 1.88. The van der Waals surface area contributed by atoms with Gasteiger partial charge in [0.15, 0.2) is 11.5 Å². The van der Waals surface area contributed by atoms with Crippen LogP contribution in [0.3, 0.4) is 0 Å². The monoisotopic (exact) mass is 517 g/mol. The maximum Gasteiger partial charge on any atom is 0.178 e. The molecule has 3 N–H and O–H groups in total. The Morgan fingerprint density at radius 1 is 0.949 bits per heavy atom. The number of aromatic nitrogens is 6. The number of benzene rings is 2. The number of rotatable bonds is 7. The topological polar surface area (TPSA) is 95.2 Å². The number of nitrogens with zero attached hydrogens (tertiary/aromatic N) is 4. The summed E-state index contributed by atoms with van der Waals surface area (Å²) in [4.78, 5) is 17.0. The van der Waals surface area contributed by atoms with Gasteiger partial charge in [-0.1, -0.05) is 37.1 Å². The molecule has 0 atom stereocenters. The van der Waals surface area contributed by atoms with Crippen molar-refractivity contribution in [2.24, 2.45) is 5.92 Å². The Bertz CT molecular complexity index is 1780. The maximum atomic E-state index is 14.6. The molecule has 7 nitrogen and oxygen atoms in total. The van der Waals surface area contributed by atoms with E-state index in [2.05, 4.69) is 48.7 Å². The van der Waals surface area contributed by atoms with Crippen LogP contribution in [0.2, 0.25) is 0 Å². The summed E-state index contributed by atoms with van der Waals surface area (Å²) in [5, 5.41) is 12.2. The van der Waals surface area contributed by atoms with E-state index in [9.17, 15) is 4.39 Å². The number of hydrogen-bond acceptors (Lipinski definition) is 5. The molecule has 1 fully saturated rings. The highest BCUT2D eigenvalue weighted by molar-refractivity contribution is 5.97. The van der Waals surface area contributed by atoms with Gasteiger partial charge in [0.2, 0.25) is 0 Å². The fourth-order valence-electron chi connectivity index (χ4n) is 5.68. The molecular weight excluding hydrogens is 489 g/mol. The van der Waals surface area contributed by atoms with Crippen LogP contribution in [0, 0.1) is 11.7 Å². The zero-order valence-corrected chi connectivity index (χ0v) is 21.4. The molecule has 7 rings (SSSR count). The first-order valence-electron chi connectivity index (χ1n) is 13.5. The van der Waals surface area contributed by atoms with Crippen molar-refractivity contribution in [2.75, 3.05) is 6.54 Å². The number of H-pyrrole nitrogens is 2. The average Bonchev–Trinajstić information content (AvgIpc) is 3.73. The van der Waals surface area contributed by atoms with Gasteiger partial charge in [0.05, 0.1) is 11.0 Å². The van der Waals surface area contributed by atoms with E-state index in [4.69, 9.17) is 4.98 Å². The predicted molar refractivity (Wildman–Crippen MR) is 151 cm³/mol. The van der Waals surface area contributed by atoms with E-state index in [0.717, 1.165) is 41.0 Å². The predicted octanol–water partition coefficient (Wildman–Crippen LogP) is 6.65. The van der Waals surface area contributed by atoms with E-state index in [1.54, 1.807) is 24.4 Å². The molecule has 0 amide bonds. The number of hydrogen-bond donors (Lipinski definition) is 3. The summed E-state index contributed by atoms with van der Waals surface area (Å²) < 4.78 is 14.6. The molecular formula is C31H28FN7. The molecule has 39 heavy (non-hydrogen) atoms. The molecule has 0 saturated heterocycles. The summed E-state index contributed by atoms with van der Waals surface area (Å²) in [6.07, 6.45) is 10.9. The Kier molecular flexibility index (Phi) is 6.09. The van der Waals surface area contributed by atoms with Crippen molar-refractivity contribution in [2.45, 2.75) is 32.2 Å². The van der Waals surface area contributed by atoms with Crippen LogP contribution in [0.4, 0.5) is 4.39 Å². The molecule has 0 radical (unpaired) electrons. The molecule has 2 aromatic carbocycles. The van der Waals surface area contributed by atoms with E-state index >= 15 is 0 Å². The van der Waals surface area contributed by atoms with Crippen molar-refractivity contribution in [1.82, 2.24) is 35.5 Å². The molecule has 1 aliphatic rings. The zero-order valence-electron chi connectivity index (χ0n) is 21.4. The summed E-state index contributed by atoms with van der Waals surface area (Å²) in [7, 11) is 0. The molecule has 1 saturated carbocycles. The second-order valence-electron chi connectivity index (χ2n) is 10.3. The van der Waals surface area contributed by atoms with Crippen LogP contribution in [0.25, 0.3) is 55.8 Å². The standard InChI is InChI=1S/C31H28FN7/c32-26-8-4-3-7-23(26)24-11-12-35-30-28(24)36-31(37-30)29-25-14-21(9-10-27(25)38-39-29)22-13-20(17-34-18-22)16-33-15-19-5-1-2-6-19/h3-4,7-14,17-19,33H,1-2,5-6,15-16H2,(H,38,39)(H,35,36,37). The second kappa shape index (κ2) is 10.0. The fraction of sp³-hybridized carbons (Fsp3) is 0.226. The molecule has 0 bridgehead atoms. The molecule has 4 aromatic heterocycles. The Labute approximate surface area is 224 Å². The molecule has 8 heteroatoms. The van der Waals surface area contributed by atoms with Gasteiger partial charge < -0.3 is 10.3 Å². The molecule has 0 spiro atoms. The lowest BCUT2D eigenvalue weighted by Crippen LogP contribution is -2.20. The minimum atomic E-state index is -0.291. The van der Waals surface area contributed by atoms with Gasteiger partial charge in [-0.05, 0) is 66.8 Å². The number of aromatic amines is 2. The highest BCUT2D eigenvalue weighted by Crippen LogP contribution is 2.33. The van der Waals surface area contributed by atoms with Crippen molar-refractivity contribution in [3.63, 3.8) is 0 Å². The molecule has 0 aliphatic heterocycles. The lowest BCUT2D eigenvalue weighted by atomic mass is 10.0. The average molecular weight is 518 g/mol. The van der Waals surface area contributed by atoms with E-state index in [1.807, 2.05) is 24.5 Å². The lowest BCUT2D eigenvalue weighted by Gasteiger charge is -2.11. The third-order valence-corrected chi connectivity index (χ3v) is 7.71. The van der Waals surface area contributed by atoms with Gasteiger partial charge in [-0.25, -0.2) is 14.4 Å². The van der Waals surface area contributed by atoms with Crippen molar-refractivity contribution in [1.29, 1.82) is 0 Å². The van der Waals surface area contributed by atoms with Crippen LogP contribution in [0.5, 0.6) is 0 Å². The number of halogens is 1. The maximum absolute atomic E-state index is 14.6. The smallest absolute Gasteiger partial charge is 0.178 e. The van der Waals surface area contributed by atoms with Crippen LogP contribution in [0.15, 0.2) is 73.2 Å². The quantitative estimate of drug-likeness (QED) is 0.220. The summed E-state index contributed by atoms with van der Waals surface area (Å²) >= 11 is 0. The highest BCUT2D eigenvalue weighted by Gasteiger charge is 2.18. The third kappa shape index (κ3) is 4.57. The SMILES string of the molecule is Fc1ccccc1-c1ccnc2nc(-c3n[nH]c4ccc(-c5cncc(CNCC6CCCC6)c5)cc34)[nH]c12.